The van der Waals surface area contributed by atoms with Crippen molar-refractivity contribution in [1.82, 2.24) is 25.1 Å². The van der Waals surface area contributed by atoms with Gasteiger partial charge < -0.3 is 15.0 Å². The first-order valence-electron chi connectivity index (χ1n) is 11.4. The summed E-state index contributed by atoms with van der Waals surface area (Å²) in [5.41, 5.74) is 1.52. The first kappa shape index (κ1) is 23.8. The zero-order valence-corrected chi connectivity index (χ0v) is 20.8. The number of rotatable bonds is 10. The van der Waals surface area contributed by atoms with E-state index in [1.807, 2.05) is 35.1 Å². The number of carbonyl (C=O) groups excluding carboxylic acids is 1. The average molecular weight is 487 g/mol. The van der Waals surface area contributed by atoms with Crippen LogP contribution >= 0.6 is 23.5 Å². The zero-order chi connectivity index (χ0) is 23.0. The van der Waals surface area contributed by atoms with Crippen molar-refractivity contribution < 1.29 is 9.53 Å². The van der Waals surface area contributed by atoms with E-state index < -0.39 is 0 Å². The van der Waals surface area contributed by atoms with Crippen LogP contribution in [-0.2, 0) is 11.3 Å². The van der Waals surface area contributed by atoms with Gasteiger partial charge in [0.25, 0.3) is 5.91 Å². The number of carbonyl (C=O) groups is 1. The zero-order valence-electron chi connectivity index (χ0n) is 19.1. The molecule has 3 aromatic rings. The smallest absolute Gasteiger partial charge is 0.252 e. The van der Waals surface area contributed by atoms with Crippen molar-refractivity contribution in [3.05, 3.63) is 36.0 Å². The molecule has 176 valence electrons. The van der Waals surface area contributed by atoms with Crippen molar-refractivity contribution in [3.63, 3.8) is 0 Å². The van der Waals surface area contributed by atoms with Crippen molar-refractivity contribution in [2.45, 2.75) is 36.9 Å². The van der Waals surface area contributed by atoms with Crippen LogP contribution < -0.4 is 10.2 Å². The summed E-state index contributed by atoms with van der Waals surface area (Å²) in [6.07, 6.45) is 2.89. The van der Waals surface area contributed by atoms with E-state index >= 15 is 0 Å². The van der Waals surface area contributed by atoms with E-state index in [0.717, 1.165) is 57.9 Å². The summed E-state index contributed by atoms with van der Waals surface area (Å²) in [5, 5.41) is 9.32. The molecule has 0 atom stereocenters. The molecule has 3 heterocycles. The Hall–Kier alpha value is -2.30. The molecule has 10 heteroatoms. The highest BCUT2D eigenvalue weighted by Gasteiger charge is 2.20. The van der Waals surface area contributed by atoms with Crippen LogP contribution in [0.2, 0.25) is 0 Å². The lowest BCUT2D eigenvalue weighted by molar-refractivity contribution is 0.0949. The monoisotopic (exact) mass is 486 g/mol. The number of fused-ring (bicyclic) bond motifs is 1. The quantitative estimate of drug-likeness (QED) is 0.343. The van der Waals surface area contributed by atoms with Gasteiger partial charge >= 0.3 is 0 Å². The van der Waals surface area contributed by atoms with Gasteiger partial charge in [-0.3, -0.25) is 4.79 Å². The Morgan fingerprint density at radius 2 is 1.97 bits per heavy atom. The molecule has 0 unspecified atom stereocenters. The molecular formula is C23H30N6O2S2. The van der Waals surface area contributed by atoms with E-state index in [-0.39, 0.29) is 5.91 Å². The molecule has 33 heavy (non-hydrogen) atoms. The summed E-state index contributed by atoms with van der Waals surface area (Å²) in [6.45, 7) is 8.24. The van der Waals surface area contributed by atoms with Gasteiger partial charge in [-0.05, 0) is 24.3 Å². The van der Waals surface area contributed by atoms with Crippen LogP contribution in [-0.4, -0.2) is 70.0 Å². The number of morpholine rings is 1. The average Bonchev–Trinajstić information content (AvgIpc) is 3.26. The number of amides is 1. The summed E-state index contributed by atoms with van der Waals surface area (Å²) < 4.78 is 7.38. The molecule has 0 radical (unpaired) electrons. The van der Waals surface area contributed by atoms with Crippen LogP contribution in [0, 0.1) is 0 Å². The van der Waals surface area contributed by atoms with E-state index in [1.54, 1.807) is 23.5 Å². The molecule has 1 aromatic carbocycles. The molecular weight excluding hydrogens is 456 g/mol. The largest absolute Gasteiger partial charge is 0.378 e. The Balaban J connectivity index is 1.51. The Kier molecular flexibility index (Phi) is 8.46. The molecule has 1 saturated heterocycles. The van der Waals surface area contributed by atoms with Crippen LogP contribution in [0.15, 0.2) is 40.5 Å². The van der Waals surface area contributed by atoms with Crippen LogP contribution in [0.5, 0.6) is 0 Å². The lowest BCUT2D eigenvalue weighted by atomic mass is 10.2. The first-order valence-corrected chi connectivity index (χ1v) is 13.4. The van der Waals surface area contributed by atoms with Gasteiger partial charge in [0.05, 0.1) is 36.9 Å². The Bertz CT molecular complexity index is 1080. The third kappa shape index (κ3) is 5.80. The Morgan fingerprint density at radius 1 is 1.15 bits per heavy atom. The third-order valence-corrected chi connectivity index (χ3v) is 7.25. The van der Waals surface area contributed by atoms with E-state index in [4.69, 9.17) is 14.7 Å². The van der Waals surface area contributed by atoms with Crippen molar-refractivity contribution in [2.24, 2.45) is 0 Å². The van der Waals surface area contributed by atoms with Crippen molar-refractivity contribution in [1.29, 1.82) is 0 Å². The number of benzene rings is 1. The lowest BCUT2D eigenvalue weighted by Crippen LogP contribution is -2.37. The second-order valence-corrected chi connectivity index (χ2v) is 9.94. The summed E-state index contributed by atoms with van der Waals surface area (Å²) in [4.78, 5) is 25.7. The molecule has 0 saturated carbocycles. The number of hydrogen-bond acceptors (Lipinski definition) is 8. The highest BCUT2D eigenvalue weighted by atomic mass is 32.2. The predicted octanol–water partition coefficient (Wildman–Crippen LogP) is 3.71. The minimum absolute atomic E-state index is 0.0640. The maximum Gasteiger partial charge on any atom is 0.252 e. The molecule has 0 spiro atoms. The summed E-state index contributed by atoms with van der Waals surface area (Å²) >= 11 is 3.34. The standard InChI is InChI=1S/C23H30N6O2S2/c1-3-15-33-23-26-20(28-11-13-31-14-12-28)18-16-25-29(21(18)27-23)10-9-24-22(30)17-7-5-6-8-19(17)32-4-2/h5-8,16H,3-4,9-15H2,1-2H3,(H,24,30). The number of hydrogen-bond donors (Lipinski definition) is 1. The normalized spacial score (nSPS) is 14.1. The molecule has 1 fully saturated rings. The van der Waals surface area contributed by atoms with Gasteiger partial charge in [0, 0.05) is 30.3 Å². The highest BCUT2D eigenvalue weighted by Crippen LogP contribution is 2.28. The molecule has 1 amide bonds. The SMILES string of the molecule is CCCSc1nc(N2CCOCC2)c2cnn(CCNC(=O)c3ccccc3SCC)c2n1. The minimum Gasteiger partial charge on any atom is -0.378 e. The summed E-state index contributed by atoms with van der Waals surface area (Å²) in [6, 6.07) is 7.72. The molecule has 8 nitrogen and oxygen atoms in total. The fourth-order valence-corrected chi connectivity index (χ4v) is 5.16. The van der Waals surface area contributed by atoms with Gasteiger partial charge in [-0.15, -0.1) is 11.8 Å². The molecule has 1 N–H and O–H groups in total. The number of nitrogens with one attached hydrogen (secondary N) is 1. The molecule has 0 aliphatic carbocycles. The molecule has 1 aliphatic rings. The van der Waals surface area contributed by atoms with Gasteiger partial charge in [0.2, 0.25) is 0 Å². The van der Waals surface area contributed by atoms with Gasteiger partial charge in [-0.2, -0.15) is 5.10 Å². The fraction of sp³-hybridized carbons (Fsp3) is 0.478. The molecule has 1 aliphatic heterocycles. The predicted molar refractivity (Wildman–Crippen MR) is 135 cm³/mol. The van der Waals surface area contributed by atoms with Gasteiger partial charge in [-0.25, -0.2) is 14.6 Å². The lowest BCUT2D eigenvalue weighted by Gasteiger charge is -2.28. The van der Waals surface area contributed by atoms with E-state index in [1.165, 1.54) is 0 Å². The Labute approximate surface area is 202 Å². The van der Waals surface area contributed by atoms with Gasteiger partial charge in [0.1, 0.15) is 5.82 Å². The minimum atomic E-state index is -0.0640. The number of nitrogens with zero attached hydrogens (tertiary/aromatic N) is 5. The maximum atomic E-state index is 12.8. The fourth-order valence-electron chi connectivity index (χ4n) is 3.66. The molecule has 4 rings (SSSR count). The van der Waals surface area contributed by atoms with Crippen LogP contribution in [0.4, 0.5) is 5.82 Å². The number of anilines is 1. The maximum absolute atomic E-state index is 12.8. The number of ether oxygens (including phenoxy) is 1. The topological polar surface area (TPSA) is 85.2 Å². The van der Waals surface area contributed by atoms with E-state index in [2.05, 4.69) is 29.2 Å². The van der Waals surface area contributed by atoms with Crippen molar-refractivity contribution in [2.75, 3.05) is 49.3 Å². The highest BCUT2D eigenvalue weighted by molar-refractivity contribution is 7.99. The second kappa shape index (κ2) is 11.7. The first-order chi connectivity index (χ1) is 16.2. The van der Waals surface area contributed by atoms with E-state index in [0.29, 0.717) is 31.9 Å². The number of thioether (sulfide) groups is 2. The van der Waals surface area contributed by atoms with Crippen LogP contribution in [0.3, 0.4) is 0 Å². The van der Waals surface area contributed by atoms with Crippen LogP contribution in [0.25, 0.3) is 11.0 Å². The summed E-state index contributed by atoms with van der Waals surface area (Å²) in [5.74, 6) is 2.74. The third-order valence-electron chi connectivity index (χ3n) is 5.24. The van der Waals surface area contributed by atoms with Crippen molar-refractivity contribution >= 4 is 46.3 Å². The summed E-state index contributed by atoms with van der Waals surface area (Å²) in [7, 11) is 0. The molecule has 0 bridgehead atoms. The van der Waals surface area contributed by atoms with Crippen molar-refractivity contribution in [3.8, 4) is 0 Å². The van der Waals surface area contributed by atoms with Gasteiger partial charge in [-0.1, -0.05) is 37.7 Å². The number of aromatic nitrogens is 4. The van der Waals surface area contributed by atoms with E-state index in [9.17, 15) is 4.79 Å². The van der Waals surface area contributed by atoms with Crippen LogP contribution in [0.1, 0.15) is 30.6 Å². The van der Waals surface area contributed by atoms with Gasteiger partial charge in [0.15, 0.2) is 10.8 Å². The molecule has 2 aromatic heterocycles. The Morgan fingerprint density at radius 3 is 2.76 bits per heavy atom. The second-order valence-electron chi connectivity index (χ2n) is 7.57.